The highest BCUT2D eigenvalue weighted by molar-refractivity contribution is 5.92. The van der Waals surface area contributed by atoms with Crippen LogP contribution >= 0.6 is 0 Å². The highest BCUT2D eigenvalue weighted by Crippen LogP contribution is 2.20. The lowest BCUT2D eigenvalue weighted by atomic mass is 9.98. The number of carbonyl (C=O) groups is 2. The van der Waals surface area contributed by atoms with Crippen molar-refractivity contribution in [1.29, 1.82) is 0 Å². The van der Waals surface area contributed by atoms with Gasteiger partial charge in [0.25, 0.3) is 11.5 Å². The van der Waals surface area contributed by atoms with Crippen molar-refractivity contribution in [2.45, 2.75) is 46.6 Å². The molecule has 1 heterocycles. The summed E-state index contributed by atoms with van der Waals surface area (Å²) in [5.74, 6) is -1.06. The summed E-state index contributed by atoms with van der Waals surface area (Å²) < 4.78 is 1.32. The standard InChI is InChI=1S/C25H29N3O4/c1-15(2)11-18-7-9-19(10-8-18)20(14-24(30)31)26-25(32)21-13-23(29)28(27-21)22-12-16(3)5-6-17(22)4/h5-10,12-13,15,20,27H,11,14H2,1-4H3,(H,26,32)(H,30,31). The van der Waals surface area contributed by atoms with Crippen LogP contribution in [0, 0.1) is 19.8 Å². The Kier molecular flexibility index (Phi) is 6.98. The minimum absolute atomic E-state index is 0.0720. The molecule has 0 spiro atoms. The van der Waals surface area contributed by atoms with Crippen molar-refractivity contribution in [3.8, 4) is 5.69 Å². The summed E-state index contributed by atoms with van der Waals surface area (Å²) in [6.45, 7) is 8.07. The Bertz CT molecular complexity index is 1170. The molecule has 2 aromatic carbocycles. The number of aryl methyl sites for hydroxylation is 2. The Morgan fingerprint density at radius 3 is 2.38 bits per heavy atom. The first-order valence-corrected chi connectivity index (χ1v) is 10.6. The number of aromatic nitrogens is 2. The van der Waals surface area contributed by atoms with Gasteiger partial charge in [0.2, 0.25) is 0 Å². The van der Waals surface area contributed by atoms with Gasteiger partial charge in [-0.05, 0) is 54.5 Å². The van der Waals surface area contributed by atoms with Crippen LogP contribution in [-0.2, 0) is 11.2 Å². The molecule has 1 amide bonds. The average molecular weight is 436 g/mol. The van der Waals surface area contributed by atoms with Crippen molar-refractivity contribution in [1.82, 2.24) is 15.1 Å². The smallest absolute Gasteiger partial charge is 0.305 e. The maximum Gasteiger partial charge on any atom is 0.305 e. The minimum Gasteiger partial charge on any atom is -0.481 e. The van der Waals surface area contributed by atoms with Crippen molar-refractivity contribution in [3.63, 3.8) is 0 Å². The van der Waals surface area contributed by atoms with E-state index < -0.39 is 17.9 Å². The van der Waals surface area contributed by atoms with Crippen LogP contribution in [0.4, 0.5) is 0 Å². The number of amides is 1. The van der Waals surface area contributed by atoms with Crippen molar-refractivity contribution >= 4 is 11.9 Å². The lowest BCUT2D eigenvalue weighted by Crippen LogP contribution is -2.30. The van der Waals surface area contributed by atoms with Crippen molar-refractivity contribution in [2.75, 3.05) is 0 Å². The number of aromatic amines is 1. The lowest BCUT2D eigenvalue weighted by Gasteiger charge is -2.18. The van der Waals surface area contributed by atoms with E-state index in [4.69, 9.17) is 0 Å². The van der Waals surface area contributed by atoms with Crippen LogP contribution in [-0.4, -0.2) is 26.8 Å². The van der Waals surface area contributed by atoms with Crippen molar-refractivity contribution in [3.05, 3.63) is 86.8 Å². The molecule has 0 aliphatic heterocycles. The van der Waals surface area contributed by atoms with E-state index in [9.17, 15) is 19.5 Å². The Labute approximate surface area is 187 Å². The van der Waals surface area contributed by atoms with Crippen LogP contribution in [0.15, 0.2) is 53.3 Å². The molecule has 32 heavy (non-hydrogen) atoms. The first kappa shape index (κ1) is 23.1. The van der Waals surface area contributed by atoms with E-state index in [0.717, 1.165) is 23.1 Å². The number of carbonyl (C=O) groups excluding carboxylic acids is 1. The van der Waals surface area contributed by atoms with E-state index in [1.165, 1.54) is 10.7 Å². The van der Waals surface area contributed by atoms with Gasteiger partial charge in [-0.2, -0.15) is 0 Å². The molecule has 3 rings (SSSR count). The van der Waals surface area contributed by atoms with Gasteiger partial charge in [-0.1, -0.05) is 50.2 Å². The normalized spacial score (nSPS) is 12.0. The maximum absolute atomic E-state index is 12.9. The van der Waals surface area contributed by atoms with E-state index in [1.807, 2.05) is 56.3 Å². The summed E-state index contributed by atoms with van der Waals surface area (Å²) in [7, 11) is 0. The number of nitrogens with one attached hydrogen (secondary N) is 2. The summed E-state index contributed by atoms with van der Waals surface area (Å²) >= 11 is 0. The van der Waals surface area contributed by atoms with Crippen molar-refractivity contribution < 1.29 is 14.7 Å². The molecular weight excluding hydrogens is 406 g/mol. The van der Waals surface area contributed by atoms with Gasteiger partial charge in [-0.25, -0.2) is 4.68 Å². The topological polar surface area (TPSA) is 104 Å². The number of benzene rings is 2. The Morgan fingerprint density at radius 1 is 1.06 bits per heavy atom. The van der Waals surface area contributed by atoms with Gasteiger partial charge in [0.15, 0.2) is 0 Å². The second kappa shape index (κ2) is 9.68. The van der Waals surface area contributed by atoms with E-state index >= 15 is 0 Å². The van der Waals surface area contributed by atoms with Gasteiger partial charge in [-0.15, -0.1) is 0 Å². The van der Waals surface area contributed by atoms with Crippen LogP contribution in [0.1, 0.15) is 59.1 Å². The number of carboxylic acid groups (broad SMARTS) is 1. The third-order valence-corrected chi connectivity index (χ3v) is 5.28. The monoisotopic (exact) mass is 435 g/mol. The first-order chi connectivity index (χ1) is 15.1. The number of carboxylic acids is 1. The highest BCUT2D eigenvalue weighted by atomic mass is 16.4. The second-order valence-corrected chi connectivity index (χ2v) is 8.60. The van der Waals surface area contributed by atoms with Gasteiger partial charge in [0.1, 0.15) is 5.69 Å². The molecule has 0 radical (unpaired) electrons. The molecule has 1 unspecified atom stereocenters. The van der Waals surface area contributed by atoms with Gasteiger partial charge >= 0.3 is 5.97 Å². The molecule has 1 aromatic heterocycles. The average Bonchev–Trinajstić information content (AvgIpc) is 3.10. The second-order valence-electron chi connectivity index (χ2n) is 8.60. The molecule has 7 heteroatoms. The molecule has 3 aromatic rings. The molecule has 0 aliphatic carbocycles. The van der Waals surface area contributed by atoms with Crippen LogP contribution in [0.2, 0.25) is 0 Å². The quantitative estimate of drug-likeness (QED) is 0.499. The van der Waals surface area contributed by atoms with Gasteiger partial charge in [0, 0.05) is 6.07 Å². The van der Waals surface area contributed by atoms with Crippen LogP contribution in [0.25, 0.3) is 5.69 Å². The van der Waals surface area contributed by atoms with Crippen LogP contribution in [0.3, 0.4) is 0 Å². The molecule has 0 saturated heterocycles. The Morgan fingerprint density at radius 2 is 1.75 bits per heavy atom. The summed E-state index contributed by atoms with van der Waals surface area (Å²) in [4.78, 5) is 36.8. The predicted molar refractivity (Wildman–Crippen MR) is 123 cm³/mol. The summed E-state index contributed by atoms with van der Waals surface area (Å²) in [6, 6.07) is 13.8. The minimum atomic E-state index is -1.02. The SMILES string of the molecule is Cc1ccc(C)c(-n2[nH]c(C(=O)NC(CC(=O)O)c3ccc(CC(C)C)cc3)cc2=O)c1. The van der Waals surface area contributed by atoms with Crippen LogP contribution in [0.5, 0.6) is 0 Å². The molecule has 0 bridgehead atoms. The molecule has 0 saturated carbocycles. The summed E-state index contributed by atoms with van der Waals surface area (Å²) in [5.41, 5.74) is 4.09. The molecule has 0 fully saturated rings. The van der Waals surface area contributed by atoms with Gasteiger partial charge in [-0.3, -0.25) is 19.5 Å². The maximum atomic E-state index is 12.9. The molecule has 7 nitrogen and oxygen atoms in total. The van der Waals surface area contributed by atoms with E-state index in [2.05, 4.69) is 24.3 Å². The number of aliphatic carboxylic acids is 1. The zero-order valence-electron chi connectivity index (χ0n) is 18.8. The van der Waals surface area contributed by atoms with E-state index in [1.54, 1.807) is 0 Å². The first-order valence-electron chi connectivity index (χ1n) is 10.6. The molecule has 0 aliphatic rings. The number of rotatable bonds is 8. The predicted octanol–water partition coefficient (Wildman–Crippen LogP) is 3.93. The third-order valence-electron chi connectivity index (χ3n) is 5.28. The molecular formula is C25H29N3O4. The zero-order chi connectivity index (χ0) is 23.4. The van der Waals surface area contributed by atoms with Crippen molar-refractivity contribution in [2.24, 2.45) is 5.92 Å². The Balaban J connectivity index is 1.85. The Hall–Kier alpha value is -3.61. The van der Waals surface area contributed by atoms with Gasteiger partial charge in [0.05, 0.1) is 18.2 Å². The van der Waals surface area contributed by atoms with Crippen LogP contribution < -0.4 is 10.9 Å². The largest absolute Gasteiger partial charge is 0.481 e. The number of hydrogen-bond acceptors (Lipinski definition) is 3. The number of hydrogen-bond donors (Lipinski definition) is 3. The molecule has 168 valence electrons. The third kappa shape index (κ3) is 5.55. The fourth-order valence-corrected chi connectivity index (χ4v) is 3.67. The summed E-state index contributed by atoms with van der Waals surface area (Å²) in [6.07, 6.45) is 0.653. The van der Waals surface area contributed by atoms with E-state index in [-0.39, 0.29) is 17.7 Å². The van der Waals surface area contributed by atoms with E-state index in [0.29, 0.717) is 17.2 Å². The number of nitrogens with zero attached hydrogens (tertiary/aromatic N) is 1. The fraction of sp³-hybridized carbons (Fsp3) is 0.320. The summed E-state index contributed by atoms with van der Waals surface area (Å²) in [5, 5.41) is 14.9. The highest BCUT2D eigenvalue weighted by Gasteiger charge is 2.21. The lowest BCUT2D eigenvalue weighted by molar-refractivity contribution is -0.137. The van der Waals surface area contributed by atoms with Gasteiger partial charge < -0.3 is 10.4 Å². The fourth-order valence-electron chi connectivity index (χ4n) is 3.67. The molecule has 1 atom stereocenters. The number of H-pyrrole nitrogens is 1. The molecule has 3 N–H and O–H groups in total. The zero-order valence-corrected chi connectivity index (χ0v) is 18.8.